The van der Waals surface area contributed by atoms with Gasteiger partial charge in [-0.1, -0.05) is 13.8 Å². The van der Waals surface area contributed by atoms with Crippen LogP contribution in [0.5, 0.6) is 5.75 Å². The highest BCUT2D eigenvalue weighted by atomic mass is 19.1. The molecular weight excluding hydrogens is 245 g/mol. The number of methoxy groups -OCH3 is 1. The summed E-state index contributed by atoms with van der Waals surface area (Å²) in [6.07, 6.45) is 1.01. The number of hydrogen-bond acceptors (Lipinski definition) is 4. The Morgan fingerprint density at radius 2 is 2.00 bits per heavy atom. The molecule has 108 valence electrons. The number of nitrogen functional groups attached to an aromatic ring is 1. The third-order valence-corrected chi connectivity index (χ3v) is 3.18. The molecule has 19 heavy (non-hydrogen) atoms. The van der Waals surface area contributed by atoms with Gasteiger partial charge in [0, 0.05) is 18.7 Å². The molecule has 0 atom stereocenters. The minimum Gasteiger partial charge on any atom is -0.494 e. The normalized spacial score (nSPS) is 10.8. The zero-order valence-corrected chi connectivity index (χ0v) is 12.0. The van der Waals surface area contributed by atoms with Gasteiger partial charge in [0.1, 0.15) is 0 Å². The molecule has 0 radical (unpaired) electrons. The summed E-state index contributed by atoms with van der Waals surface area (Å²) in [5, 5.41) is 3.22. The van der Waals surface area contributed by atoms with Crippen molar-refractivity contribution in [3.05, 3.63) is 17.9 Å². The van der Waals surface area contributed by atoms with Crippen molar-refractivity contribution in [1.29, 1.82) is 0 Å². The Hall–Kier alpha value is -1.49. The largest absolute Gasteiger partial charge is 0.494 e. The van der Waals surface area contributed by atoms with Crippen LogP contribution in [0.1, 0.15) is 20.3 Å². The molecule has 0 bridgehead atoms. The molecule has 0 saturated heterocycles. The average molecular weight is 269 g/mol. The van der Waals surface area contributed by atoms with Crippen molar-refractivity contribution in [2.45, 2.75) is 20.3 Å². The molecule has 1 rings (SSSR count). The second-order valence-electron chi connectivity index (χ2n) is 4.38. The number of halogens is 1. The molecule has 0 heterocycles. The van der Waals surface area contributed by atoms with E-state index in [0.717, 1.165) is 38.3 Å². The maximum atomic E-state index is 13.4. The third-order valence-electron chi connectivity index (χ3n) is 3.18. The van der Waals surface area contributed by atoms with Gasteiger partial charge in [-0.3, -0.25) is 0 Å². The lowest BCUT2D eigenvalue weighted by Crippen LogP contribution is -2.25. The molecule has 0 amide bonds. The third kappa shape index (κ3) is 4.59. The highest BCUT2D eigenvalue weighted by molar-refractivity contribution is 5.68. The van der Waals surface area contributed by atoms with Crippen molar-refractivity contribution in [1.82, 2.24) is 4.90 Å². The van der Waals surface area contributed by atoms with E-state index in [9.17, 15) is 4.39 Å². The van der Waals surface area contributed by atoms with Crippen molar-refractivity contribution >= 4 is 11.4 Å². The molecule has 3 N–H and O–H groups in total. The van der Waals surface area contributed by atoms with E-state index in [1.54, 1.807) is 6.07 Å². The SMILES string of the molecule is CCN(CC)CCCNc1cc(OC)c(F)cc1N. The fourth-order valence-electron chi connectivity index (χ4n) is 1.94. The monoisotopic (exact) mass is 269 g/mol. The molecule has 0 aromatic heterocycles. The van der Waals surface area contributed by atoms with Gasteiger partial charge < -0.3 is 20.7 Å². The highest BCUT2D eigenvalue weighted by Gasteiger charge is 2.08. The molecule has 0 saturated carbocycles. The minimum absolute atomic E-state index is 0.209. The Morgan fingerprint density at radius 3 is 2.58 bits per heavy atom. The Morgan fingerprint density at radius 1 is 1.32 bits per heavy atom. The number of nitrogens with zero attached hydrogens (tertiary/aromatic N) is 1. The minimum atomic E-state index is -0.436. The topological polar surface area (TPSA) is 50.5 Å². The lowest BCUT2D eigenvalue weighted by atomic mass is 10.2. The van der Waals surface area contributed by atoms with Gasteiger partial charge in [0.15, 0.2) is 11.6 Å². The molecule has 5 heteroatoms. The average Bonchev–Trinajstić information content (AvgIpc) is 2.41. The highest BCUT2D eigenvalue weighted by Crippen LogP contribution is 2.27. The number of nitrogens with one attached hydrogen (secondary N) is 1. The molecule has 0 spiro atoms. The number of hydrogen-bond donors (Lipinski definition) is 2. The Labute approximate surface area is 114 Å². The molecule has 0 aliphatic carbocycles. The summed E-state index contributed by atoms with van der Waals surface area (Å²) in [5.74, 6) is -0.228. The lowest BCUT2D eigenvalue weighted by Gasteiger charge is -2.18. The molecule has 0 aliphatic rings. The molecule has 0 fully saturated rings. The van der Waals surface area contributed by atoms with E-state index < -0.39 is 5.82 Å². The fourth-order valence-corrected chi connectivity index (χ4v) is 1.94. The summed E-state index contributed by atoms with van der Waals surface area (Å²) in [6, 6.07) is 2.88. The summed E-state index contributed by atoms with van der Waals surface area (Å²) >= 11 is 0. The van der Waals surface area contributed by atoms with Gasteiger partial charge in [0.2, 0.25) is 0 Å². The van der Waals surface area contributed by atoms with Crippen LogP contribution >= 0.6 is 0 Å². The van der Waals surface area contributed by atoms with Crippen molar-refractivity contribution < 1.29 is 9.13 Å². The first-order valence-corrected chi connectivity index (χ1v) is 6.71. The van der Waals surface area contributed by atoms with E-state index in [0.29, 0.717) is 5.69 Å². The van der Waals surface area contributed by atoms with Gasteiger partial charge in [-0.15, -0.1) is 0 Å². The number of anilines is 2. The Balaban J connectivity index is 2.49. The van der Waals surface area contributed by atoms with E-state index in [2.05, 4.69) is 24.1 Å². The van der Waals surface area contributed by atoms with E-state index in [4.69, 9.17) is 10.5 Å². The lowest BCUT2D eigenvalue weighted by molar-refractivity contribution is 0.303. The van der Waals surface area contributed by atoms with E-state index in [-0.39, 0.29) is 5.75 Å². The number of nitrogens with two attached hydrogens (primary N) is 1. The van der Waals surface area contributed by atoms with E-state index >= 15 is 0 Å². The first kappa shape index (κ1) is 15.6. The van der Waals surface area contributed by atoms with Crippen LogP contribution in [-0.2, 0) is 0 Å². The second-order valence-corrected chi connectivity index (χ2v) is 4.38. The number of benzene rings is 1. The fraction of sp³-hybridized carbons (Fsp3) is 0.571. The summed E-state index contributed by atoms with van der Waals surface area (Å²) in [6.45, 7) is 8.26. The van der Waals surface area contributed by atoms with E-state index in [1.807, 2.05) is 0 Å². The first-order chi connectivity index (χ1) is 9.12. The van der Waals surface area contributed by atoms with Crippen LogP contribution in [-0.4, -0.2) is 38.2 Å². The van der Waals surface area contributed by atoms with Gasteiger partial charge in [-0.05, 0) is 26.1 Å². The standard InChI is InChI=1S/C14H24FN3O/c1-4-18(5-2)8-6-7-17-13-10-14(19-3)11(15)9-12(13)16/h9-10,17H,4-8,16H2,1-3H3. The van der Waals surface area contributed by atoms with Gasteiger partial charge in [-0.25, -0.2) is 4.39 Å². The molecule has 1 aromatic rings. The maximum absolute atomic E-state index is 13.4. The molecule has 1 aromatic carbocycles. The molecule has 4 nitrogen and oxygen atoms in total. The smallest absolute Gasteiger partial charge is 0.167 e. The zero-order valence-electron chi connectivity index (χ0n) is 12.0. The second kappa shape index (κ2) is 7.84. The Kier molecular flexibility index (Phi) is 6.42. The predicted molar refractivity (Wildman–Crippen MR) is 78.3 cm³/mol. The van der Waals surface area contributed by atoms with Gasteiger partial charge in [-0.2, -0.15) is 0 Å². The van der Waals surface area contributed by atoms with Crippen molar-refractivity contribution in [2.75, 3.05) is 44.3 Å². The number of rotatable bonds is 8. The van der Waals surface area contributed by atoms with Gasteiger partial charge in [0.05, 0.1) is 18.5 Å². The van der Waals surface area contributed by atoms with Crippen LogP contribution in [0.25, 0.3) is 0 Å². The van der Waals surface area contributed by atoms with Gasteiger partial charge in [0.25, 0.3) is 0 Å². The van der Waals surface area contributed by atoms with Crippen LogP contribution in [0.3, 0.4) is 0 Å². The van der Waals surface area contributed by atoms with Crippen LogP contribution in [0.15, 0.2) is 12.1 Å². The maximum Gasteiger partial charge on any atom is 0.167 e. The quantitative estimate of drug-likeness (QED) is 0.562. The van der Waals surface area contributed by atoms with E-state index in [1.165, 1.54) is 13.2 Å². The summed E-state index contributed by atoms with van der Waals surface area (Å²) in [4.78, 5) is 2.36. The van der Waals surface area contributed by atoms with Gasteiger partial charge >= 0.3 is 0 Å². The summed E-state index contributed by atoms with van der Waals surface area (Å²) < 4.78 is 18.3. The summed E-state index contributed by atoms with van der Waals surface area (Å²) in [5.41, 5.74) is 6.89. The zero-order chi connectivity index (χ0) is 14.3. The van der Waals surface area contributed by atoms with Crippen LogP contribution in [0, 0.1) is 5.82 Å². The van der Waals surface area contributed by atoms with Crippen LogP contribution in [0.4, 0.5) is 15.8 Å². The first-order valence-electron chi connectivity index (χ1n) is 6.71. The Bertz CT molecular complexity index is 395. The molecule has 0 aliphatic heterocycles. The van der Waals surface area contributed by atoms with Crippen molar-refractivity contribution in [3.63, 3.8) is 0 Å². The predicted octanol–water partition coefficient (Wildman–Crippen LogP) is 2.56. The summed E-state index contributed by atoms with van der Waals surface area (Å²) in [7, 11) is 1.44. The van der Waals surface area contributed by atoms with Crippen LogP contribution < -0.4 is 15.8 Å². The van der Waals surface area contributed by atoms with Crippen molar-refractivity contribution in [2.24, 2.45) is 0 Å². The molecule has 0 unspecified atom stereocenters. The molecular formula is C14H24FN3O. The number of ether oxygens (including phenoxy) is 1. The van der Waals surface area contributed by atoms with Crippen LogP contribution in [0.2, 0.25) is 0 Å². The van der Waals surface area contributed by atoms with Crippen molar-refractivity contribution in [3.8, 4) is 5.75 Å².